The highest BCUT2D eigenvalue weighted by molar-refractivity contribution is 5.40. The van der Waals surface area contributed by atoms with Crippen LogP contribution in [0.25, 0.3) is 0 Å². The first kappa shape index (κ1) is 20.1. The normalized spacial score (nSPS) is 45.5. The summed E-state index contributed by atoms with van der Waals surface area (Å²) >= 11 is 0. The van der Waals surface area contributed by atoms with Gasteiger partial charge in [0.2, 0.25) is 0 Å². The van der Waals surface area contributed by atoms with E-state index in [0.717, 1.165) is 17.8 Å². The van der Waals surface area contributed by atoms with Gasteiger partial charge in [-0.2, -0.15) is 0 Å². The average Bonchev–Trinajstić information content (AvgIpc) is 2.67. The maximum absolute atomic E-state index is 2.75. The van der Waals surface area contributed by atoms with Gasteiger partial charge in [-0.1, -0.05) is 66.2 Å². The largest absolute Gasteiger partial charge is 0.0613 e. The van der Waals surface area contributed by atoms with Crippen molar-refractivity contribution in [2.24, 2.45) is 33.5 Å². The van der Waals surface area contributed by atoms with Crippen LogP contribution < -0.4 is 0 Å². The Kier molecular flexibility index (Phi) is 4.42. The highest BCUT2D eigenvalue weighted by atomic mass is 14.7. The molecule has 0 aromatic heterocycles. The van der Waals surface area contributed by atoms with Gasteiger partial charge < -0.3 is 0 Å². The summed E-state index contributed by atoms with van der Waals surface area (Å²) in [6.07, 6.45) is 14.1. The monoisotopic (exact) mass is 392 g/mol. The van der Waals surface area contributed by atoms with E-state index in [2.05, 4.69) is 59.7 Å². The molecule has 0 N–H and O–H groups in total. The molecule has 0 spiro atoms. The Morgan fingerprint density at radius 2 is 1.62 bits per heavy atom. The Bertz CT molecular complexity index is 802. The Hall–Kier alpha value is -0.780. The van der Waals surface area contributed by atoms with Gasteiger partial charge in [0.05, 0.1) is 0 Å². The Labute approximate surface area is 180 Å². The van der Waals surface area contributed by atoms with E-state index in [1.165, 1.54) is 69.8 Å². The predicted octanol–water partition coefficient (Wildman–Crippen LogP) is 8.33. The van der Waals surface area contributed by atoms with Gasteiger partial charge in [0, 0.05) is 0 Å². The number of benzene rings is 1. The zero-order valence-corrected chi connectivity index (χ0v) is 20.0. The molecule has 160 valence electrons. The first-order valence-electron chi connectivity index (χ1n) is 12.8. The van der Waals surface area contributed by atoms with Gasteiger partial charge in [-0.25, -0.2) is 0 Å². The molecule has 0 radical (unpaired) electrons. The van der Waals surface area contributed by atoms with Crippen LogP contribution >= 0.6 is 0 Å². The second-order valence-corrected chi connectivity index (χ2v) is 12.8. The molecule has 0 heterocycles. The van der Waals surface area contributed by atoms with E-state index in [-0.39, 0.29) is 0 Å². The van der Waals surface area contributed by atoms with E-state index in [1.807, 2.05) is 0 Å². The lowest BCUT2D eigenvalue weighted by Crippen LogP contribution is -2.62. The van der Waals surface area contributed by atoms with E-state index < -0.39 is 0 Å². The van der Waals surface area contributed by atoms with Crippen molar-refractivity contribution in [2.45, 2.75) is 112 Å². The third-order valence-corrected chi connectivity index (χ3v) is 11.5. The van der Waals surface area contributed by atoms with Gasteiger partial charge in [-0.15, -0.1) is 0 Å². The van der Waals surface area contributed by atoms with Crippen LogP contribution in [-0.4, -0.2) is 0 Å². The lowest BCUT2D eigenvalue weighted by Gasteiger charge is -2.70. The van der Waals surface area contributed by atoms with Gasteiger partial charge in [0.15, 0.2) is 0 Å². The molecule has 29 heavy (non-hydrogen) atoms. The number of rotatable bonds is 1. The van der Waals surface area contributed by atoms with Crippen molar-refractivity contribution < 1.29 is 0 Å². The maximum atomic E-state index is 2.75. The third kappa shape index (κ3) is 2.56. The fourth-order valence-electron chi connectivity index (χ4n) is 9.82. The molecule has 5 rings (SSSR count). The van der Waals surface area contributed by atoms with Crippen molar-refractivity contribution in [3.8, 4) is 0 Å². The van der Waals surface area contributed by atoms with Gasteiger partial charge in [-0.3, -0.25) is 0 Å². The zero-order valence-electron chi connectivity index (χ0n) is 20.0. The van der Waals surface area contributed by atoms with Gasteiger partial charge in [0.1, 0.15) is 0 Å². The molecule has 0 amide bonds. The zero-order chi connectivity index (χ0) is 20.7. The predicted molar refractivity (Wildman–Crippen MR) is 124 cm³/mol. The minimum absolute atomic E-state index is 0.478. The van der Waals surface area contributed by atoms with Crippen molar-refractivity contribution in [3.05, 3.63) is 34.9 Å². The minimum atomic E-state index is 0.478. The highest BCUT2D eigenvalue weighted by Gasteiger charge is 2.66. The molecule has 0 heteroatoms. The minimum Gasteiger partial charge on any atom is -0.0613 e. The molecular formula is C29H44. The van der Waals surface area contributed by atoms with Crippen LogP contribution in [0.2, 0.25) is 0 Å². The molecule has 0 saturated heterocycles. The molecule has 6 unspecified atom stereocenters. The standard InChI is InChI=1S/C29H44/c1-7-20-9-10-22-21(19-20)13-17-28(5)23(22)11-12-25-27(4)16-8-15-26(2,3)24(27)14-18-29(25,28)6/h9-10,19,23-25H,7-8,11-18H2,1-6H3. The first-order chi connectivity index (χ1) is 13.7. The van der Waals surface area contributed by atoms with Crippen molar-refractivity contribution in [1.29, 1.82) is 0 Å². The van der Waals surface area contributed by atoms with Crippen LogP contribution in [0.3, 0.4) is 0 Å². The molecular weight excluding hydrogens is 348 g/mol. The average molecular weight is 393 g/mol. The van der Waals surface area contributed by atoms with Gasteiger partial charge >= 0.3 is 0 Å². The SMILES string of the molecule is CCc1ccc2c(c1)CCC1(C)C2CCC2C3(C)CCCC(C)(C)C3CCC21C. The van der Waals surface area contributed by atoms with Crippen LogP contribution in [0.1, 0.15) is 116 Å². The van der Waals surface area contributed by atoms with E-state index in [9.17, 15) is 0 Å². The van der Waals surface area contributed by atoms with Crippen LogP contribution in [0.4, 0.5) is 0 Å². The van der Waals surface area contributed by atoms with Gasteiger partial charge in [0.25, 0.3) is 0 Å². The second-order valence-electron chi connectivity index (χ2n) is 12.8. The van der Waals surface area contributed by atoms with Crippen LogP contribution in [0, 0.1) is 33.5 Å². The fraction of sp³-hybridized carbons (Fsp3) is 0.793. The molecule has 6 atom stereocenters. The van der Waals surface area contributed by atoms with Crippen molar-refractivity contribution in [2.75, 3.05) is 0 Å². The Morgan fingerprint density at radius 3 is 2.38 bits per heavy atom. The van der Waals surface area contributed by atoms with E-state index in [4.69, 9.17) is 0 Å². The Morgan fingerprint density at radius 1 is 0.828 bits per heavy atom. The summed E-state index contributed by atoms with van der Waals surface area (Å²) in [5.74, 6) is 2.64. The summed E-state index contributed by atoms with van der Waals surface area (Å²) in [7, 11) is 0. The van der Waals surface area contributed by atoms with Crippen LogP contribution in [0.15, 0.2) is 18.2 Å². The molecule has 3 saturated carbocycles. The topological polar surface area (TPSA) is 0 Å². The summed E-state index contributed by atoms with van der Waals surface area (Å²) in [6.45, 7) is 15.7. The molecule has 3 fully saturated rings. The van der Waals surface area contributed by atoms with Crippen molar-refractivity contribution in [3.63, 3.8) is 0 Å². The smallest absolute Gasteiger partial charge is 0.00997 e. The second kappa shape index (κ2) is 6.37. The highest BCUT2D eigenvalue weighted by Crippen LogP contribution is 2.74. The number of fused-ring (bicyclic) bond motifs is 7. The molecule has 4 aliphatic carbocycles. The fourth-order valence-corrected chi connectivity index (χ4v) is 9.82. The number of aryl methyl sites for hydroxylation is 2. The third-order valence-electron chi connectivity index (χ3n) is 11.5. The number of hydrogen-bond acceptors (Lipinski definition) is 0. The van der Waals surface area contributed by atoms with Crippen molar-refractivity contribution >= 4 is 0 Å². The lowest BCUT2D eigenvalue weighted by molar-refractivity contribution is -0.199. The van der Waals surface area contributed by atoms with E-state index in [1.54, 1.807) is 11.1 Å². The first-order valence-corrected chi connectivity index (χ1v) is 12.8. The molecule has 1 aromatic carbocycles. The maximum Gasteiger partial charge on any atom is -0.00997 e. The van der Waals surface area contributed by atoms with E-state index >= 15 is 0 Å². The summed E-state index contributed by atoms with van der Waals surface area (Å²) in [4.78, 5) is 0. The Balaban J connectivity index is 1.55. The van der Waals surface area contributed by atoms with Crippen LogP contribution in [-0.2, 0) is 12.8 Å². The lowest BCUT2D eigenvalue weighted by atomic mass is 9.34. The van der Waals surface area contributed by atoms with Crippen LogP contribution in [0.5, 0.6) is 0 Å². The molecule has 0 nitrogen and oxygen atoms in total. The number of hydrogen-bond donors (Lipinski definition) is 0. The molecule has 0 bridgehead atoms. The molecule has 4 aliphatic rings. The van der Waals surface area contributed by atoms with E-state index in [0.29, 0.717) is 21.7 Å². The quantitative estimate of drug-likeness (QED) is 0.450. The summed E-state index contributed by atoms with van der Waals surface area (Å²) in [5.41, 5.74) is 7.04. The summed E-state index contributed by atoms with van der Waals surface area (Å²) in [5, 5.41) is 0. The summed E-state index contributed by atoms with van der Waals surface area (Å²) < 4.78 is 0. The summed E-state index contributed by atoms with van der Waals surface area (Å²) in [6, 6.07) is 7.52. The molecule has 1 aromatic rings. The van der Waals surface area contributed by atoms with Gasteiger partial charge in [-0.05, 0) is 114 Å². The molecule has 0 aliphatic heterocycles. The van der Waals surface area contributed by atoms with Crippen molar-refractivity contribution in [1.82, 2.24) is 0 Å².